The van der Waals surface area contributed by atoms with Gasteiger partial charge in [0.25, 0.3) is 27.8 Å². The standard InChI is InChI=1S/C72H88N12O14S2/c1-46(2)62(79-58(85)17-7-6-10-29-83-60(87)24-25-61(83)88)65(90)74-36-59(86)76-50-20-18-48(19-21-50)38-97-68(93)73-27-12-28-81(32-34-100(94,95)96)31-33-98-72-42-69(4)39-70(5,43-72)41-71(40-69,44-72)45-84-47(3)53(35-75-84)51-22-23-57(78-63(51)66(91)92)82-30-26-49-13-11-14-52(54(49)37-82)64(89)80-67-77-55-15-8-9-16-56(55)99-67/h8-9,11,13-16,18-25,35,46,62H,6-7,10,12,17,26-34,36-45H2,1-5H3,(H,73,93)(H,74,90)(H,76,86)(H,79,85)(H,91,92)(H,77,80,89)(H,94,95,96). The second-order valence-corrected chi connectivity index (χ2v) is 31.3. The molecule has 4 aliphatic carbocycles. The minimum Gasteiger partial charge on any atom is -0.476 e. The van der Waals surface area contributed by atoms with Crippen molar-refractivity contribution in [2.45, 2.75) is 143 Å². The molecule has 0 radical (unpaired) electrons. The van der Waals surface area contributed by atoms with Gasteiger partial charge in [-0.2, -0.15) is 13.5 Å². The zero-order chi connectivity index (χ0) is 71.2. The molecule has 4 saturated carbocycles. The average molecular weight is 1410 g/mol. The van der Waals surface area contributed by atoms with Crippen LogP contribution in [-0.2, 0) is 69.7 Å². The van der Waals surface area contributed by atoms with Crippen LogP contribution >= 0.6 is 11.3 Å². The number of carbonyl (C=O) groups is 8. The second kappa shape index (κ2) is 30.5. The lowest BCUT2D eigenvalue weighted by molar-refractivity contribution is -0.248. The van der Waals surface area contributed by atoms with E-state index in [1.54, 1.807) is 50.4 Å². The number of unbranched alkanes of at least 4 members (excludes halogenated alkanes) is 2. The van der Waals surface area contributed by atoms with Crippen LogP contribution in [0.5, 0.6) is 0 Å². The number of fused-ring (bicyclic) bond motifs is 2. The van der Waals surface area contributed by atoms with Crippen LogP contribution in [0.3, 0.4) is 0 Å². The summed E-state index contributed by atoms with van der Waals surface area (Å²) in [5.41, 5.74) is 5.45. The summed E-state index contributed by atoms with van der Waals surface area (Å²) in [4.78, 5) is 116. The molecule has 12 rings (SSSR count). The van der Waals surface area contributed by atoms with Gasteiger partial charge in [0.1, 0.15) is 18.5 Å². The zero-order valence-corrected chi connectivity index (χ0v) is 58.7. The number of imide groups is 1. The van der Waals surface area contributed by atoms with Crippen molar-refractivity contribution in [2.24, 2.45) is 22.2 Å². The Labute approximate surface area is 585 Å². The van der Waals surface area contributed by atoms with E-state index in [-0.39, 0.29) is 90.7 Å². The molecule has 3 atom stereocenters. The van der Waals surface area contributed by atoms with Gasteiger partial charge < -0.3 is 40.7 Å². The van der Waals surface area contributed by atoms with Crippen LogP contribution in [0.4, 0.5) is 21.4 Å². The molecule has 0 saturated heterocycles. The Kier molecular flexibility index (Phi) is 22.0. The fraction of sp³-hybridized carbons (Fsp3) is 0.486. The number of carbonyl (C=O) groups excluding carboxylic acids is 7. The third kappa shape index (κ3) is 17.8. The van der Waals surface area contributed by atoms with Crippen molar-refractivity contribution in [1.29, 1.82) is 0 Å². The fourth-order valence-electron chi connectivity index (χ4n) is 16.4. The van der Waals surface area contributed by atoms with Gasteiger partial charge >= 0.3 is 12.1 Å². The molecule has 4 bridgehead atoms. The average Bonchev–Trinajstić information content (AvgIpc) is 0.712. The zero-order valence-electron chi connectivity index (χ0n) is 57.1. The first kappa shape index (κ1) is 72.3. The van der Waals surface area contributed by atoms with Gasteiger partial charge in [-0.25, -0.2) is 19.6 Å². The number of amides is 7. The summed E-state index contributed by atoms with van der Waals surface area (Å²) >= 11 is 1.41. The van der Waals surface area contributed by atoms with E-state index in [9.17, 15) is 56.4 Å². The smallest absolute Gasteiger partial charge is 0.407 e. The number of nitrogens with zero attached hydrogens (tertiary/aromatic N) is 7. The van der Waals surface area contributed by atoms with Gasteiger partial charge in [-0.15, -0.1) is 0 Å². The Morgan fingerprint density at radius 3 is 2.26 bits per heavy atom. The lowest BCUT2D eigenvalue weighted by Gasteiger charge is -2.69. The minimum absolute atomic E-state index is 0.0249. The lowest BCUT2D eigenvalue weighted by Crippen LogP contribution is -2.64. The Morgan fingerprint density at radius 1 is 0.790 bits per heavy atom. The highest BCUT2D eigenvalue weighted by Gasteiger charge is 2.66. The van der Waals surface area contributed by atoms with Gasteiger partial charge in [0, 0.05) is 92.5 Å². The predicted octanol–water partition coefficient (Wildman–Crippen LogP) is 8.70. The van der Waals surface area contributed by atoms with E-state index in [4.69, 9.17) is 19.6 Å². The predicted molar refractivity (Wildman–Crippen MR) is 376 cm³/mol. The van der Waals surface area contributed by atoms with Crippen LogP contribution in [0.15, 0.2) is 97.2 Å². The van der Waals surface area contributed by atoms with Gasteiger partial charge in [-0.1, -0.05) is 81.9 Å². The van der Waals surface area contributed by atoms with Crippen molar-refractivity contribution < 1.29 is 65.9 Å². The van der Waals surface area contributed by atoms with E-state index in [0.29, 0.717) is 110 Å². The second-order valence-electron chi connectivity index (χ2n) is 28.6. The molecule has 7 N–H and O–H groups in total. The molecule has 100 heavy (non-hydrogen) atoms. The number of thiazole rings is 1. The number of ether oxygens (including phenoxy) is 2. The highest BCUT2D eigenvalue weighted by molar-refractivity contribution is 7.85. The maximum Gasteiger partial charge on any atom is 0.407 e. The minimum atomic E-state index is -4.29. The molecule has 4 fully saturated rings. The summed E-state index contributed by atoms with van der Waals surface area (Å²) in [5, 5.41) is 30.0. The molecule has 7 amide bonds. The van der Waals surface area contributed by atoms with Crippen molar-refractivity contribution in [3.8, 4) is 11.1 Å². The first-order valence-corrected chi connectivity index (χ1v) is 36.6. The number of benzene rings is 3. The Balaban J connectivity index is 0.633. The summed E-state index contributed by atoms with van der Waals surface area (Å²) in [6, 6.07) is 22.8. The quantitative estimate of drug-likeness (QED) is 0.0118. The van der Waals surface area contributed by atoms with Crippen molar-refractivity contribution in [1.82, 2.24) is 45.5 Å². The van der Waals surface area contributed by atoms with Crippen molar-refractivity contribution in [2.75, 3.05) is 73.7 Å². The third-order valence-electron chi connectivity index (χ3n) is 19.9. The molecular formula is C72H88N12O14S2. The van der Waals surface area contributed by atoms with Crippen LogP contribution in [0.25, 0.3) is 21.3 Å². The topological polar surface area (TPSA) is 343 Å². The third-order valence-corrected chi connectivity index (χ3v) is 21.5. The highest BCUT2D eigenvalue weighted by atomic mass is 32.2. The molecule has 2 aliphatic heterocycles. The molecule has 3 unspecified atom stereocenters. The Hall–Kier alpha value is -8.96. The summed E-state index contributed by atoms with van der Waals surface area (Å²) in [7, 11) is -4.29. The normalized spacial score (nSPS) is 21.0. The van der Waals surface area contributed by atoms with Gasteiger partial charge in [0.05, 0.1) is 40.9 Å². The van der Waals surface area contributed by atoms with Crippen LogP contribution in [-0.4, -0.2) is 165 Å². The lowest BCUT2D eigenvalue weighted by atomic mass is 9.39. The van der Waals surface area contributed by atoms with Gasteiger partial charge in [-0.3, -0.25) is 53.1 Å². The molecule has 3 aromatic carbocycles. The largest absolute Gasteiger partial charge is 0.476 e. The first-order valence-electron chi connectivity index (χ1n) is 34.2. The maximum atomic E-state index is 13.8. The van der Waals surface area contributed by atoms with E-state index in [0.717, 1.165) is 70.5 Å². The number of hydrogen-bond donors (Lipinski definition) is 7. The van der Waals surface area contributed by atoms with Crippen LogP contribution < -0.4 is 31.5 Å². The molecule has 6 aromatic rings. The highest BCUT2D eigenvalue weighted by Crippen LogP contribution is 2.72. The number of anilines is 3. The number of nitrogens with one attached hydrogen (secondary N) is 5. The number of aromatic nitrogens is 4. The number of carboxylic acids is 1. The van der Waals surface area contributed by atoms with E-state index in [2.05, 4.69) is 45.4 Å². The molecule has 5 heterocycles. The van der Waals surface area contributed by atoms with Gasteiger partial charge in [-0.05, 0) is 159 Å². The molecule has 28 heteroatoms. The van der Waals surface area contributed by atoms with Crippen molar-refractivity contribution >= 4 is 95.8 Å². The van der Waals surface area contributed by atoms with Gasteiger partial charge in [0.15, 0.2) is 10.8 Å². The Bertz CT molecular complexity index is 4180. The summed E-state index contributed by atoms with van der Waals surface area (Å²) in [5.74, 6) is -3.75. The molecular weight excluding hydrogens is 1320 g/mol. The number of aromatic carboxylic acids is 1. The number of pyridine rings is 1. The number of carboxylic acid groups (broad SMARTS) is 1. The summed E-state index contributed by atoms with van der Waals surface area (Å²) in [6.07, 6.45) is 11.9. The number of alkyl carbamates (subject to hydrolysis) is 1. The molecule has 26 nitrogen and oxygen atoms in total. The van der Waals surface area contributed by atoms with E-state index in [1.165, 1.54) is 23.5 Å². The van der Waals surface area contributed by atoms with Crippen LogP contribution in [0.2, 0.25) is 0 Å². The SMILES string of the molecule is Cc1c(-c2ccc(N3CCc4cccc(C(=O)Nc5nc6ccccc6s5)c4C3)nc2C(=O)O)cnn1CC12CC3(C)CC(C)(C1)CC(OCCN(CCCNC(=O)OCc1ccc(NC(=O)CNC(=O)C(NC(=O)CCCCCN4C(=O)C=CC4=O)C(C)C)cc1)CCS(=O)(=O)O)(C3)C2. The molecule has 3 aromatic heterocycles. The summed E-state index contributed by atoms with van der Waals surface area (Å²) < 4.78 is 49.3. The van der Waals surface area contributed by atoms with Crippen LogP contribution in [0.1, 0.15) is 142 Å². The monoisotopic (exact) mass is 1410 g/mol. The molecule has 0 spiro atoms. The maximum absolute atomic E-state index is 13.8. The first-order chi connectivity index (χ1) is 47.6. The van der Waals surface area contributed by atoms with Crippen molar-refractivity contribution in [3.63, 3.8) is 0 Å². The van der Waals surface area contributed by atoms with Crippen molar-refractivity contribution in [3.05, 3.63) is 131 Å². The number of para-hydroxylation sites is 1. The Morgan fingerprint density at radius 2 is 1.54 bits per heavy atom. The molecule has 6 aliphatic rings. The summed E-state index contributed by atoms with van der Waals surface area (Å²) in [6.45, 7) is 12.9. The number of hydrogen-bond acceptors (Lipinski definition) is 18. The van der Waals surface area contributed by atoms with E-state index >= 15 is 0 Å². The van der Waals surface area contributed by atoms with E-state index < -0.39 is 51.4 Å². The van der Waals surface area contributed by atoms with Crippen LogP contribution in [0, 0.1) is 29.1 Å². The molecule has 532 valence electrons. The van der Waals surface area contributed by atoms with E-state index in [1.807, 2.05) is 69.9 Å². The van der Waals surface area contributed by atoms with Gasteiger partial charge in [0.2, 0.25) is 17.7 Å². The number of rotatable bonds is 32. The fourth-order valence-corrected chi connectivity index (χ4v) is 17.8.